The summed E-state index contributed by atoms with van der Waals surface area (Å²) in [5.41, 5.74) is 5.84. The Labute approximate surface area is 77.5 Å². The quantitative estimate of drug-likeness (QED) is 0.768. The molecule has 1 aliphatic rings. The molecule has 2 rings (SSSR count). The Balaban J connectivity index is 2.03. The summed E-state index contributed by atoms with van der Waals surface area (Å²) < 4.78 is 5.09. The Bertz CT molecular complexity index is 280. The SMILES string of the molecule is CCCC(N)c1nc(C2CC2)no1. The number of rotatable bonds is 4. The second-order valence-corrected chi connectivity index (χ2v) is 3.66. The molecule has 0 amide bonds. The number of hydrogen-bond donors (Lipinski definition) is 1. The number of hydrogen-bond acceptors (Lipinski definition) is 4. The standard InChI is InChI=1S/C9H15N3O/c1-2-3-7(10)9-11-8(12-13-9)6-4-5-6/h6-7H,2-5,10H2,1H3. The molecule has 1 unspecified atom stereocenters. The first-order valence-corrected chi connectivity index (χ1v) is 4.90. The van der Waals surface area contributed by atoms with Gasteiger partial charge in [-0.2, -0.15) is 4.98 Å². The molecule has 1 aromatic rings. The van der Waals surface area contributed by atoms with Crippen LogP contribution in [0.5, 0.6) is 0 Å². The molecular formula is C9H15N3O. The van der Waals surface area contributed by atoms with Crippen LogP contribution >= 0.6 is 0 Å². The van der Waals surface area contributed by atoms with E-state index in [0.29, 0.717) is 11.8 Å². The molecule has 4 nitrogen and oxygen atoms in total. The zero-order valence-electron chi connectivity index (χ0n) is 7.86. The monoisotopic (exact) mass is 181 g/mol. The second kappa shape index (κ2) is 3.46. The normalized spacial score (nSPS) is 18.9. The van der Waals surface area contributed by atoms with Crippen molar-refractivity contribution in [1.82, 2.24) is 10.1 Å². The summed E-state index contributed by atoms with van der Waals surface area (Å²) >= 11 is 0. The van der Waals surface area contributed by atoms with Gasteiger partial charge in [0.15, 0.2) is 5.82 Å². The van der Waals surface area contributed by atoms with Crippen LogP contribution in [0.3, 0.4) is 0 Å². The lowest BCUT2D eigenvalue weighted by Crippen LogP contribution is -2.10. The molecule has 0 spiro atoms. The first-order chi connectivity index (χ1) is 6.31. The van der Waals surface area contributed by atoms with Crippen LogP contribution in [0.25, 0.3) is 0 Å². The highest BCUT2D eigenvalue weighted by Crippen LogP contribution is 2.38. The maximum absolute atomic E-state index is 5.84. The Kier molecular flexibility index (Phi) is 2.31. The van der Waals surface area contributed by atoms with Gasteiger partial charge in [-0.25, -0.2) is 0 Å². The second-order valence-electron chi connectivity index (χ2n) is 3.66. The fourth-order valence-corrected chi connectivity index (χ4v) is 1.34. The summed E-state index contributed by atoms with van der Waals surface area (Å²) in [6.07, 6.45) is 4.35. The van der Waals surface area contributed by atoms with E-state index in [1.165, 1.54) is 12.8 Å². The average Bonchev–Trinajstić information content (AvgIpc) is 2.84. The van der Waals surface area contributed by atoms with Crippen molar-refractivity contribution in [2.75, 3.05) is 0 Å². The first kappa shape index (κ1) is 8.69. The van der Waals surface area contributed by atoms with Crippen LogP contribution in [0.1, 0.15) is 56.3 Å². The third kappa shape index (κ3) is 1.88. The van der Waals surface area contributed by atoms with Crippen molar-refractivity contribution in [3.8, 4) is 0 Å². The van der Waals surface area contributed by atoms with Gasteiger partial charge in [0.25, 0.3) is 0 Å². The average molecular weight is 181 g/mol. The molecule has 72 valence electrons. The van der Waals surface area contributed by atoms with Crippen molar-refractivity contribution >= 4 is 0 Å². The summed E-state index contributed by atoms with van der Waals surface area (Å²) in [4.78, 5) is 4.29. The predicted molar refractivity (Wildman–Crippen MR) is 48.1 cm³/mol. The highest BCUT2D eigenvalue weighted by Gasteiger charge is 2.29. The van der Waals surface area contributed by atoms with Crippen LogP contribution < -0.4 is 5.73 Å². The predicted octanol–water partition coefficient (Wildman–Crippen LogP) is 1.75. The van der Waals surface area contributed by atoms with E-state index >= 15 is 0 Å². The minimum atomic E-state index is -0.0787. The highest BCUT2D eigenvalue weighted by molar-refractivity contribution is 5.04. The van der Waals surface area contributed by atoms with Crippen molar-refractivity contribution in [1.29, 1.82) is 0 Å². The van der Waals surface area contributed by atoms with E-state index in [2.05, 4.69) is 17.1 Å². The van der Waals surface area contributed by atoms with Crippen molar-refractivity contribution in [2.45, 2.75) is 44.6 Å². The van der Waals surface area contributed by atoms with E-state index in [1.807, 2.05) is 0 Å². The minimum Gasteiger partial charge on any atom is -0.338 e. The van der Waals surface area contributed by atoms with E-state index < -0.39 is 0 Å². The molecule has 1 atom stereocenters. The van der Waals surface area contributed by atoms with Crippen LogP contribution in [0.4, 0.5) is 0 Å². The Hall–Kier alpha value is -0.900. The molecule has 2 N–H and O–H groups in total. The molecule has 1 fully saturated rings. The molecule has 1 aliphatic carbocycles. The smallest absolute Gasteiger partial charge is 0.243 e. The zero-order valence-corrected chi connectivity index (χ0v) is 7.86. The van der Waals surface area contributed by atoms with Gasteiger partial charge in [0, 0.05) is 5.92 Å². The molecule has 13 heavy (non-hydrogen) atoms. The first-order valence-electron chi connectivity index (χ1n) is 4.90. The van der Waals surface area contributed by atoms with Gasteiger partial charge in [0.2, 0.25) is 5.89 Å². The van der Waals surface area contributed by atoms with E-state index in [4.69, 9.17) is 10.3 Å². The van der Waals surface area contributed by atoms with E-state index in [1.54, 1.807) is 0 Å². The number of aromatic nitrogens is 2. The van der Waals surface area contributed by atoms with E-state index in [-0.39, 0.29) is 6.04 Å². The van der Waals surface area contributed by atoms with Gasteiger partial charge in [0.05, 0.1) is 6.04 Å². The van der Waals surface area contributed by atoms with Gasteiger partial charge in [-0.15, -0.1) is 0 Å². The Morgan fingerprint density at radius 3 is 3.00 bits per heavy atom. The lowest BCUT2D eigenvalue weighted by atomic mass is 10.2. The van der Waals surface area contributed by atoms with Crippen LogP contribution in [0.15, 0.2) is 4.52 Å². The van der Waals surface area contributed by atoms with Gasteiger partial charge in [-0.1, -0.05) is 18.5 Å². The molecule has 0 bridgehead atoms. The van der Waals surface area contributed by atoms with E-state index in [9.17, 15) is 0 Å². The molecule has 1 saturated carbocycles. The van der Waals surface area contributed by atoms with Crippen LogP contribution in [-0.2, 0) is 0 Å². The molecule has 0 aromatic carbocycles. The van der Waals surface area contributed by atoms with Crippen molar-refractivity contribution in [3.63, 3.8) is 0 Å². The molecule has 0 saturated heterocycles. The summed E-state index contributed by atoms with van der Waals surface area (Å²) in [5, 5.41) is 3.92. The zero-order chi connectivity index (χ0) is 9.26. The number of nitrogens with zero attached hydrogens (tertiary/aromatic N) is 2. The van der Waals surface area contributed by atoms with Gasteiger partial charge in [0.1, 0.15) is 0 Å². The Morgan fingerprint density at radius 2 is 2.38 bits per heavy atom. The summed E-state index contributed by atoms with van der Waals surface area (Å²) in [6.45, 7) is 2.10. The third-order valence-electron chi connectivity index (χ3n) is 2.32. The minimum absolute atomic E-state index is 0.0787. The largest absolute Gasteiger partial charge is 0.338 e. The molecule has 1 aromatic heterocycles. The highest BCUT2D eigenvalue weighted by atomic mass is 16.5. The summed E-state index contributed by atoms with van der Waals surface area (Å²) in [7, 11) is 0. The third-order valence-corrected chi connectivity index (χ3v) is 2.32. The van der Waals surface area contributed by atoms with E-state index in [0.717, 1.165) is 18.7 Å². The fourth-order valence-electron chi connectivity index (χ4n) is 1.34. The summed E-state index contributed by atoms with van der Waals surface area (Å²) in [6, 6.07) is -0.0787. The van der Waals surface area contributed by atoms with Crippen molar-refractivity contribution in [2.24, 2.45) is 5.73 Å². The molecule has 0 aliphatic heterocycles. The van der Waals surface area contributed by atoms with Crippen LogP contribution in [-0.4, -0.2) is 10.1 Å². The van der Waals surface area contributed by atoms with Crippen LogP contribution in [0.2, 0.25) is 0 Å². The lowest BCUT2D eigenvalue weighted by Gasteiger charge is -2.01. The molecule has 1 heterocycles. The van der Waals surface area contributed by atoms with Crippen LogP contribution in [0, 0.1) is 0 Å². The topological polar surface area (TPSA) is 64.9 Å². The maximum Gasteiger partial charge on any atom is 0.243 e. The molecule has 0 radical (unpaired) electrons. The van der Waals surface area contributed by atoms with Gasteiger partial charge in [-0.05, 0) is 19.3 Å². The fraction of sp³-hybridized carbons (Fsp3) is 0.778. The van der Waals surface area contributed by atoms with Crippen molar-refractivity contribution < 1.29 is 4.52 Å². The van der Waals surface area contributed by atoms with Gasteiger partial charge in [-0.3, -0.25) is 0 Å². The molecular weight excluding hydrogens is 166 g/mol. The van der Waals surface area contributed by atoms with Gasteiger partial charge < -0.3 is 10.3 Å². The number of nitrogens with two attached hydrogens (primary N) is 1. The Morgan fingerprint density at radius 1 is 1.62 bits per heavy atom. The molecule has 4 heteroatoms. The van der Waals surface area contributed by atoms with Gasteiger partial charge >= 0.3 is 0 Å². The maximum atomic E-state index is 5.84. The lowest BCUT2D eigenvalue weighted by molar-refractivity contribution is 0.344. The summed E-state index contributed by atoms with van der Waals surface area (Å²) in [5.74, 6) is 2.00. The van der Waals surface area contributed by atoms with Crippen molar-refractivity contribution in [3.05, 3.63) is 11.7 Å².